The molecule has 1 aliphatic heterocycles. The number of esters is 1. The van der Waals surface area contributed by atoms with Crippen LogP contribution in [0.5, 0.6) is 17.2 Å². The molecule has 0 spiro atoms. The molecule has 1 atom stereocenters. The van der Waals surface area contributed by atoms with Gasteiger partial charge in [-0.25, -0.2) is 4.79 Å². The highest BCUT2D eigenvalue weighted by atomic mass is 16.6. The number of fused-ring (bicyclic) bond motifs is 2. The third-order valence-corrected chi connectivity index (χ3v) is 6.13. The quantitative estimate of drug-likeness (QED) is 0.216. The SMILES string of the molecule is CCCOC(Cc1ccc(OCCCC2c3ccccc3Oc3ccccc32)cc1)C(=O)OCC. The van der Waals surface area contributed by atoms with Crippen molar-refractivity contribution in [1.29, 1.82) is 0 Å². The number of carbonyl (C=O) groups is 1. The summed E-state index contributed by atoms with van der Waals surface area (Å²) < 4.78 is 23.0. The van der Waals surface area contributed by atoms with Crippen molar-refractivity contribution in [3.8, 4) is 17.2 Å². The van der Waals surface area contributed by atoms with Crippen molar-refractivity contribution in [2.45, 2.75) is 51.6 Å². The zero-order valence-electron chi connectivity index (χ0n) is 20.6. The molecule has 3 aromatic rings. The number of carbonyl (C=O) groups excluding carboxylic acids is 1. The third kappa shape index (κ3) is 6.43. The van der Waals surface area contributed by atoms with Crippen LogP contribution in [0.15, 0.2) is 72.8 Å². The van der Waals surface area contributed by atoms with E-state index in [1.54, 1.807) is 6.92 Å². The van der Waals surface area contributed by atoms with Gasteiger partial charge in [-0.05, 0) is 56.0 Å². The lowest BCUT2D eigenvalue weighted by atomic mass is 9.85. The monoisotopic (exact) mass is 474 g/mol. The molecule has 4 rings (SSSR count). The molecule has 0 amide bonds. The van der Waals surface area contributed by atoms with E-state index in [1.807, 2.05) is 55.5 Å². The molecule has 3 aromatic carbocycles. The summed E-state index contributed by atoms with van der Waals surface area (Å²) in [4.78, 5) is 12.2. The van der Waals surface area contributed by atoms with Crippen molar-refractivity contribution in [2.75, 3.05) is 19.8 Å². The summed E-state index contributed by atoms with van der Waals surface area (Å²) in [7, 11) is 0. The van der Waals surface area contributed by atoms with E-state index in [1.165, 1.54) is 11.1 Å². The molecule has 5 nitrogen and oxygen atoms in total. The third-order valence-electron chi connectivity index (χ3n) is 6.13. The van der Waals surface area contributed by atoms with Crippen molar-refractivity contribution in [3.05, 3.63) is 89.5 Å². The summed E-state index contributed by atoms with van der Waals surface area (Å²) in [6, 6.07) is 24.4. The van der Waals surface area contributed by atoms with Crippen molar-refractivity contribution in [3.63, 3.8) is 0 Å². The Labute approximate surface area is 208 Å². The Hall–Kier alpha value is -3.31. The predicted octanol–water partition coefficient (Wildman–Crippen LogP) is 6.68. The number of rotatable bonds is 12. The lowest BCUT2D eigenvalue weighted by Gasteiger charge is -2.28. The molecule has 1 heterocycles. The van der Waals surface area contributed by atoms with Crippen LogP contribution < -0.4 is 9.47 Å². The minimum atomic E-state index is -0.577. The lowest BCUT2D eigenvalue weighted by molar-refractivity contribution is -0.156. The zero-order chi connectivity index (χ0) is 24.5. The van der Waals surface area contributed by atoms with Crippen LogP contribution >= 0.6 is 0 Å². The van der Waals surface area contributed by atoms with Crippen molar-refractivity contribution in [2.24, 2.45) is 0 Å². The molecule has 0 N–H and O–H groups in total. The number of benzene rings is 3. The summed E-state index contributed by atoms with van der Waals surface area (Å²) in [6.45, 7) is 5.34. The van der Waals surface area contributed by atoms with Crippen LogP contribution in [0.1, 0.15) is 55.7 Å². The Kier molecular flexibility index (Phi) is 8.79. The lowest BCUT2D eigenvalue weighted by Crippen LogP contribution is -2.29. The second-order valence-corrected chi connectivity index (χ2v) is 8.68. The first kappa shape index (κ1) is 24.8. The second-order valence-electron chi connectivity index (χ2n) is 8.68. The maximum atomic E-state index is 12.2. The molecule has 35 heavy (non-hydrogen) atoms. The maximum absolute atomic E-state index is 12.2. The Bertz CT molecular complexity index is 1050. The highest BCUT2D eigenvalue weighted by molar-refractivity contribution is 5.75. The van der Waals surface area contributed by atoms with Crippen LogP contribution in [0.4, 0.5) is 0 Å². The highest BCUT2D eigenvalue weighted by Gasteiger charge is 2.26. The van der Waals surface area contributed by atoms with Crippen LogP contribution in [0.25, 0.3) is 0 Å². The molecular weight excluding hydrogens is 440 g/mol. The minimum Gasteiger partial charge on any atom is -0.494 e. The van der Waals surface area contributed by atoms with E-state index in [-0.39, 0.29) is 5.97 Å². The van der Waals surface area contributed by atoms with Crippen molar-refractivity contribution >= 4 is 5.97 Å². The van der Waals surface area contributed by atoms with Gasteiger partial charge in [0.25, 0.3) is 0 Å². The fourth-order valence-electron chi connectivity index (χ4n) is 4.44. The zero-order valence-corrected chi connectivity index (χ0v) is 20.6. The summed E-state index contributed by atoms with van der Waals surface area (Å²) in [5, 5.41) is 0. The summed E-state index contributed by atoms with van der Waals surface area (Å²) in [5.74, 6) is 2.69. The van der Waals surface area contributed by atoms with Gasteiger partial charge in [0, 0.05) is 30.1 Å². The molecule has 0 fully saturated rings. The first-order chi connectivity index (χ1) is 17.2. The molecule has 5 heteroatoms. The van der Waals surface area contributed by atoms with Gasteiger partial charge in [-0.1, -0.05) is 55.5 Å². The van der Waals surface area contributed by atoms with Gasteiger partial charge >= 0.3 is 5.97 Å². The molecule has 184 valence electrons. The summed E-state index contributed by atoms with van der Waals surface area (Å²) in [5.41, 5.74) is 3.48. The van der Waals surface area contributed by atoms with E-state index in [9.17, 15) is 4.79 Å². The van der Waals surface area contributed by atoms with Gasteiger partial charge in [0.05, 0.1) is 13.2 Å². The largest absolute Gasteiger partial charge is 0.494 e. The molecule has 1 unspecified atom stereocenters. The van der Waals surface area contributed by atoms with Crippen LogP contribution in [0, 0.1) is 0 Å². The molecule has 0 aliphatic carbocycles. The van der Waals surface area contributed by atoms with Crippen LogP contribution in [0.3, 0.4) is 0 Å². The second kappa shape index (κ2) is 12.4. The van der Waals surface area contributed by atoms with Gasteiger partial charge in [-0.15, -0.1) is 0 Å². The molecule has 0 aromatic heterocycles. The first-order valence-corrected chi connectivity index (χ1v) is 12.5. The minimum absolute atomic E-state index is 0.296. The van der Waals surface area contributed by atoms with E-state index in [4.69, 9.17) is 18.9 Å². The Morgan fingerprint density at radius 2 is 1.54 bits per heavy atom. The molecule has 0 saturated heterocycles. The number of ether oxygens (including phenoxy) is 4. The highest BCUT2D eigenvalue weighted by Crippen LogP contribution is 2.45. The molecule has 0 saturated carbocycles. The average Bonchev–Trinajstić information content (AvgIpc) is 2.89. The van der Waals surface area contributed by atoms with Gasteiger partial charge in [0.15, 0.2) is 6.10 Å². The predicted molar refractivity (Wildman–Crippen MR) is 136 cm³/mol. The van der Waals surface area contributed by atoms with Crippen molar-refractivity contribution in [1.82, 2.24) is 0 Å². The first-order valence-electron chi connectivity index (χ1n) is 12.5. The summed E-state index contributed by atoms with van der Waals surface area (Å²) in [6.07, 6.45) is 2.66. The topological polar surface area (TPSA) is 54.0 Å². The van der Waals surface area contributed by atoms with Gasteiger partial charge in [0.1, 0.15) is 17.2 Å². The Morgan fingerprint density at radius 3 is 2.17 bits per heavy atom. The average molecular weight is 475 g/mol. The van der Waals surface area contributed by atoms with E-state index >= 15 is 0 Å². The van der Waals surface area contributed by atoms with Gasteiger partial charge < -0.3 is 18.9 Å². The van der Waals surface area contributed by atoms with Crippen LogP contribution in [-0.4, -0.2) is 31.9 Å². The molecular formula is C30H34O5. The Morgan fingerprint density at radius 1 is 0.886 bits per heavy atom. The van der Waals surface area contributed by atoms with E-state index in [0.717, 1.165) is 42.1 Å². The van der Waals surface area contributed by atoms with Crippen LogP contribution in [0.2, 0.25) is 0 Å². The fourth-order valence-corrected chi connectivity index (χ4v) is 4.44. The number of hydrogen-bond donors (Lipinski definition) is 0. The standard InChI is InChI=1S/C30H34O5/c1-3-19-34-29(30(31)32-4-2)21-22-15-17-23(18-16-22)33-20-9-12-24-25-10-5-7-13-27(25)35-28-14-8-6-11-26(24)28/h5-8,10-11,13-18,24,29H,3-4,9,12,19-21H2,1-2H3. The smallest absolute Gasteiger partial charge is 0.335 e. The Balaban J connectivity index is 1.31. The van der Waals surface area contributed by atoms with Crippen LogP contribution in [-0.2, 0) is 20.7 Å². The van der Waals surface area contributed by atoms with E-state index in [2.05, 4.69) is 24.3 Å². The maximum Gasteiger partial charge on any atom is 0.335 e. The fraction of sp³-hybridized carbons (Fsp3) is 0.367. The number of hydrogen-bond acceptors (Lipinski definition) is 5. The van der Waals surface area contributed by atoms with E-state index < -0.39 is 6.10 Å². The molecule has 1 aliphatic rings. The van der Waals surface area contributed by atoms with Crippen molar-refractivity contribution < 1.29 is 23.7 Å². The van der Waals surface area contributed by atoms with Gasteiger partial charge in [0.2, 0.25) is 0 Å². The summed E-state index contributed by atoms with van der Waals surface area (Å²) >= 11 is 0. The van der Waals surface area contributed by atoms with Gasteiger partial charge in [-0.2, -0.15) is 0 Å². The van der Waals surface area contributed by atoms with Gasteiger partial charge in [-0.3, -0.25) is 0 Å². The molecule has 0 radical (unpaired) electrons. The van der Waals surface area contributed by atoms with E-state index in [0.29, 0.717) is 32.2 Å². The normalized spacial score (nSPS) is 13.3. The molecule has 0 bridgehead atoms. The number of para-hydroxylation sites is 2.